The third kappa shape index (κ3) is 1.59. The summed E-state index contributed by atoms with van der Waals surface area (Å²) in [4.78, 5) is 12.3. The maximum atomic E-state index is 12.3. The molecule has 0 amide bonds. The highest BCUT2D eigenvalue weighted by Crippen LogP contribution is 2.17. The first-order valence-electron chi connectivity index (χ1n) is 5.25. The minimum atomic E-state index is -0.0369. The molecule has 3 rings (SSSR count). The van der Waals surface area contributed by atoms with E-state index in [4.69, 9.17) is 0 Å². The number of carbonyl (C=O) groups excluding carboxylic acids is 1. The third-order valence-electron chi connectivity index (χ3n) is 2.63. The van der Waals surface area contributed by atoms with Crippen molar-refractivity contribution in [2.45, 2.75) is 0 Å². The topological polar surface area (TPSA) is 58.6 Å². The normalized spacial score (nSPS) is 10.6. The smallest absolute Gasteiger partial charge is 0.195 e. The minimum Gasteiger partial charge on any atom is -0.289 e. The number of hydrogen-bond acceptors (Lipinski definition) is 3. The Bertz CT molecular complexity index is 673. The highest BCUT2D eigenvalue weighted by molar-refractivity contribution is 6.15. The van der Waals surface area contributed by atoms with Gasteiger partial charge in [0.15, 0.2) is 5.78 Å². The number of nitrogens with one attached hydrogen (secondary N) is 1. The molecule has 1 heterocycles. The summed E-state index contributed by atoms with van der Waals surface area (Å²) in [6, 6.07) is 14.5. The molecule has 0 aliphatic heterocycles. The molecule has 0 fully saturated rings. The molecule has 82 valence electrons. The van der Waals surface area contributed by atoms with Crippen LogP contribution in [-0.4, -0.2) is 21.2 Å². The Balaban J connectivity index is 2.16. The van der Waals surface area contributed by atoms with Crippen LogP contribution in [0.25, 0.3) is 11.0 Å². The van der Waals surface area contributed by atoms with E-state index in [0.29, 0.717) is 22.2 Å². The quantitative estimate of drug-likeness (QED) is 0.677. The van der Waals surface area contributed by atoms with Crippen LogP contribution in [0.15, 0.2) is 48.5 Å². The average Bonchev–Trinajstić information content (AvgIpc) is 2.87. The zero-order valence-electron chi connectivity index (χ0n) is 8.92. The van der Waals surface area contributed by atoms with Crippen LogP contribution in [0.3, 0.4) is 0 Å². The molecule has 1 N–H and O–H groups in total. The summed E-state index contributed by atoms with van der Waals surface area (Å²) in [5.41, 5.74) is 2.54. The summed E-state index contributed by atoms with van der Waals surface area (Å²) in [5, 5.41) is 10.5. The van der Waals surface area contributed by atoms with Gasteiger partial charge in [-0.15, -0.1) is 0 Å². The fraction of sp³-hybridized carbons (Fsp3) is 0. The number of fused-ring (bicyclic) bond motifs is 1. The molecule has 0 saturated heterocycles. The van der Waals surface area contributed by atoms with Gasteiger partial charge in [0.25, 0.3) is 0 Å². The number of hydrogen-bond donors (Lipinski definition) is 1. The molecular formula is C13H9N3O. The lowest BCUT2D eigenvalue weighted by Gasteiger charge is -2.00. The Morgan fingerprint density at radius 1 is 0.941 bits per heavy atom. The maximum absolute atomic E-state index is 12.3. The highest BCUT2D eigenvalue weighted by atomic mass is 16.1. The van der Waals surface area contributed by atoms with Crippen molar-refractivity contribution >= 4 is 16.8 Å². The summed E-state index contributed by atoms with van der Waals surface area (Å²) in [6.45, 7) is 0. The molecule has 4 heteroatoms. The number of nitrogens with zero attached hydrogens (tertiary/aromatic N) is 2. The fourth-order valence-corrected chi connectivity index (χ4v) is 1.80. The van der Waals surface area contributed by atoms with Crippen LogP contribution >= 0.6 is 0 Å². The van der Waals surface area contributed by atoms with E-state index in [1.807, 2.05) is 24.3 Å². The summed E-state index contributed by atoms with van der Waals surface area (Å²) in [5.74, 6) is -0.0369. The van der Waals surface area contributed by atoms with Gasteiger partial charge >= 0.3 is 0 Å². The number of H-pyrrole nitrogens is 1. The van der Waals surface area contributed by atoms with Crippen molar-refractivity contribution in [2.24, 2.45) is 0 Å². The van der Waals surface area contributed by atoms with E-state index in [0.717, 1.165) is 0 Å². The Kier molecular flexibility index (Phi) is 2.19. The second-order valence-corrected chi connectivity index (χ2v) is 3.69. The molecule has 0 radical (unpaired) electrons. The molecule has 0 spiro atoms. The predicted octanol–water partition coefficient (Wildman–Crippen LogP) is 2.19. The monoisotopic (exact) mass is 223 g/mol. The van der Waals surface area contributed by atoms with Gasteiger partial charge in [-0.25, -0.2) is 0 Å². The molecule has 0 saturated carbocycles. The largest absolute Gasteiger partial charge is 0.289 e. The van der Waals surface area contributed by atoms with Crippen molar-refractivity contribution in [3.63, 3.8) is 0 Å². The van der Waals surface area contributed by atoms with Crippen LogP contribution in [0.5, 0.6) is 0 Å². The molecule has 1 aromatic heterocycles. The predicted molar refractivity (Wildman–Crippen MR) is 63.8 cm³/mol. The number of rotatable bonds is 2. The average molecular weight is 223 g/mol. The molecule has 3 aromatic rings. The van der Waals surface area contributed by atoms with E-state index in [1.165, 1.54) is 0 Å². The zero-order chi connectivity index (χ0) is 11.7. The standard InChI is InChI=1S/C13H9N3O/c17-13(9-5-2-1-3-6-9)10-7-4-8-11-12(10)15-16-14-11/h1-8H,(H,14,15,16). The van der Waals surface area contributed by atoms with Crippen LogP contribution in [-0.2, 0) is 0 Å². The summed E-state index contributed by atoms with van der Waals surface area (Å²) in [6.07, 6.45) is 0. The van der Waals surface area contributed by atoms with E-state index in [1.54, 1.807) is 24.3 Å². The molecule has 0 bridgehead atoms. The van der Waals surface area contributed by atoms with Crippen LogP contribution < -0.4 is 0 Å². The van der Waals surface area contributed by atoms with Gasteiger partial charge in [0.1, 0.15) is 11.0 Å². The Morgan fingerprint density at radius 3 is 2.59 bits per heavy atom. The molecule has 0 unspecified atom stereocenters. The molecule has 4 nitrogen and oxygen atoms in total. The fourth-order valence-electron chi connectivity index (χ4n) is 1.80. The van der Waals surface area contributed by atoms with Gasteiger partial charge in [-0.1, -0.05) is 36.4 Å². The SMILES string of the molecule is O=C(c1ccccc1)c1cccc2n[nH]nc12. The van der Waals surface area contributed by atoms with Crippen LogP contribution in [0.4, 0.5) is 0 Å². The van der Waals surface area contributed by atoms with Crippen molar-refractivity contribution in [3.8, 4) is 0 Å². The summed E-state index contributed by atoms with van der Waals surface area (Å²) in [7, 11) is 0. The van der Waals surface area contributed by atoms with Crippen LogP contribution in [0.1, 0.15) is 15.9 Å². The van der Waals surface area contributed by atoms with Crippen molar-refractivity contribution < 1.29 is 4.79 Å². The van der Waals surface area contributed by atoms with Gasteiger partial charge in [-0.2, -0.15) is 15.4 Å². The minimum absolute atomic E-state index is 0.0369. The number of para-hydroxylation sites is 1. The molecule has 17 heavy (non-hydrogen) atoms. The zero-order valence-corrected chi connectivity index (χ0v) is 8.92. The second kappa shape index (κ2) is 3.83. The summed E-state index contributed by atoms with van der Waals surface area (Å²) < 4.78 is 0. The number of aromatic nitrogens is 3. The number of benzene rings is 2. The Labute approximate surface area is 97.3 Å². The molecule has 0 aliphatic carbocycles. The van der Waals surface area contributed by atoms with Gasteiger partial charge in [0.05, 0.1) is 5.56 Å². The van der Waals surface area contributed by atoms with Gasteiger partial charge in [0, 0.05) is 5.56 Å². The third-order valence-corrected chi connectivity index (χ3v) is 2.63. The lowest BCUT2D eigenvalue weighted by Crippen LogP contribution is -2.01. The Hall–Kier alpha value is -2.49. The van der Waals surface area contributed by atoms with E-state index < -0.39 is 0 Å². The number of carbonyl (C=O) groups is 1. The van der Waals surface area contributed by atoms with Gasteiger partial charge in [-0.3, -0.25) is 4.79 Å². The van der Waals surface area contributed by atoms with Crippen molar-refractivity contribution in [3.05, 3.63) is 59.7 Å². The van der Waals surface area contributed by atoms with E-state index in [9.17, 15) is 4.79 Å². The second-order valence-electron chi connectivity index (χ2n) is 3.69. The van der Waals surface area contributed by atoms with E-state index >= 15 is 0 Å². The van der Waals surface area contributed by atoms with Crippen molar-refractivity contribution in [1.29, 1.82) is 0 Å². The van der Waals surface area contributed by atoms with Crippen LogP contribution in [0.2, 0.25) is 0 Å². The first kappa shape index (κ1) is 9.72. The molecular weight excluding hydrogens is 214 g/mol. The van der Waals surface area contributed by atoms with Crippen molar-refractivity contribution in [2.75, 3.05) is 0 Å². The number of ketones is 1. The van der Waals surface area contributed by atoms with Crippen molar-refractivity contribution in [1.82, 2.24) is 15.4 Å². The number of aromatic amines is 1. The van der Waals surface area contributed by atoms with E-state index in [-0.39, 0.29) is 5.78 Å². The van der Waals surface area contributed by atoms with Gasteiger partial charge in [-0.05, 0) is 12.1 Å². The highest BCUT2D eigenvalue weighted by Gasteiger charge is 2.13. The lowest BCUT2D eigenvalue weighted by atomic mass is 10.0. The first-order valence-corrected chi connectivity index (χ1v) is 5.25. The van der Waals surface area contributed by atoms with Crippen LogP contribution in [0, 0.1) is 0 Å². The molecule has 0 aliphatic rings. The molecule has 2 aromatic carbocycles. The molecule has 0 atom stereocenters. The van der Waals surface area contributed by atoms with E-state index in [2.05, 4.69) is 15.4 Å². The summed E-state index contributed by atoms with van der Waals surface area (Å²) >= 11 is 0. The maximum Gasteiger partial charge on any atom is 0.195 e. The van der Waals surface area contributed by atoms with Gasteiger partial charge < -0.3 is 0 Å². The van der Waals surface area contributed by atoms with Gasteiger partial charge in [0.2, 0.25) is 0 Å². The Morgan fingerprint density at radius 2 is 1.76 bits per heavy atom. The first-order chi connectivity index (χ1) is 8.36. The lowest BCUT2D eigenvalue weighted by molar-refractivity contribution is 0.104.